The van der Waals surface area contributed by atoms with Crippen LogP contribution in [0.4, 0.5) is 0 Å². The molecule has 0 saturated heterocycles. The first-order valence-electron chi connectivity index (χ1n) is 6.39. The highest BCUT2D eigenvalue weighted by molar-refractivity contribution is 6.29. The Morgan fingerprint density at radius 1 is 1.28 bits per heavy atom. The van der Waals surface area contributed by atoms with Gasteiger partial charge >= 0.3 is 0 Å². The summed E-state index contributed by atoms with van der Waals surface area (Å²) in [5.41, 5.74) is 0.354. The fourth-order valence-corrected chi connectivity index (χ4v) is 1.90. The van der Waals surface area contributed by atoms with Crippen LogP contribution in [0.2, 0.25) is 5.15 Å². The highest BCUT2D eigenvalue weighted by atomic mass is 35.5. The number of nitrogens with zero attached hydrogens (tertiary/aromatic N) is 3. The van der Waals surface area contributed by atoms with Crippen molar-refractivity contribution in [3.05, 3.63) is 23.2 Å². The molecule has 0 spiro atoms. The molecule has 0 radical (unpaired) electrons. The van der Waals surface area contributed by atoms with Crippen molar-refractivity contribution in [3.63, 3.8) is 0 Å². The van der Waals surface area contributed by atoms with Crippen molar-refractivity contribution in [1.82, 2.24) is 14.9 Å². The molecule has 100 valence electrons. The van der Waals surface area contributed by atoms with Crippen LogP contribution < -0.4 is 0 Å². The zero-order valence-electron chi connectivity index (χ0n) is 11.2. The van der Waals surface area contributed by atoms with Crippen molar-refractivity contribution < 1.29 is 4.79 Å². The van der Waals surface area contributed by atoms with Crippen LogP contribution in [0.15, 0.2) is 12.4 Å². The average molecular weight is 270 g/mol. The van der Waals surface area contributed by atoms with Crippen LogP contribution in [-0.4, -0.2) is 33.9 Å². The average Bonchev–Trinajstić information content (AvgIpc) is 2.40. The third kappa shape index (κ3) is 3.95. The lowest BCUT2D eigenvalue weighted by Crippen LogP contribution is -2.35. The standard InChI is InChI=1S/C13H20ClN3O/c1-4-10(5-2)9-17(6-3)13(18)11-7-16-12(14)8-15-11/h7-8,10H,4-6,9H2,1-3H3. The van der Waals surface area contributed by atoms with Crippen LogP contribution in [-0.2, 0) is 0 Å². The second-order valence-corrected chi connectivity index (χ2v) is 4.64. The van der Waals surface area contributed by atoms with Gasteiger partial charge < -0.3 is 4.90 Å². The molecule has 5 heteroatoms. The quantitative estimate of drug-likeness (QED) is 0.797. The summed E-state index contributed by atoms with van der Waals surface area (Å²) < 4.78 is 0. The zero-order valence-corrected chi connectivity index (χ0v) is 11.9. The lowest BCUT2D eigenvalue weighted by atomic mass is 10.0. The second kappa shape index (κ2) is 7.31. The topological polar surface area (TPSA) is 46.1 Å². The number of halogens is 1. The molecule has 0 fully saturated rings. The number of carbonyl (C=O) groups is 1. The third-order valence-corrected chi connectivity index (χ3v) is 3.34. The maximum atomic E-state index is 12.2. The van der Waals surface area contributed by atoms with E-state index in [1.807, 2.05) is 11.8 Å². The Morgan fingerprint density at radius 2 is 1.94 bits per heavy atom. The van der Waals surface area contributed by atoms with Crippen molar-refractivity contribution in [2.75, 3.05) is 13.1 Å². The molecule has 0 aliphatic carbocycles. The predicted molar refractivity (Wildman–Crippen MR) is 72.7 cm³/mol. The minimum absolute atomic E-state index is 0.0754. The van der Waals surface area contributed by atoms with Gasteiger partial charge in [0.1, 0.15) is 10.8 Å². The van der Waals surface area contributed by atoms with Crippen molar-refractivity contribution in [1.29, 1.82) is 0 Å². The van der Waals surface area contributed by atoms with Gasteiger partial charge in [-0.3, -0.25) is 4.79 Å². The molecule has 4 nitrogen and oxygen atoms in total. The monoisotopic (exact) mass is 269 g/mol. The normalized spacial score (nSPS) is 10.7. The van der Waals surface area contributed by atoms with Gasteiger partial charge in [0.2, 0.25) is 0 Å². The summed E-state index contributed by atoms with van der Waals surface area (Å²) in [6, 6.07) is 0. The van der Waals surface area contributed by atoms with E-state index in [2.05, 4.69) is 23.8 Å². The number of aromatic nitrogens is 2. The molecule has 0 aliphatic heterocycles. The van der Waals surface area contributed by atoms with E-state index in [1.165, 1.54) is 12.4 Å². The molecule has 1 heterocycles. The number of amides is 1. The maximum Gasteiger partial charge on any atom is 0.274 e. The molecule has 1 aromatic heterocycles. The lowest BCUT2D eigenvalue weighted by Gasteiger charge is -2.25. The Morgan fingerprint density at radius 3 is 2.39 bits per heavy atom. The molecular weight excluding hydrogens is 250 g/mol. The van der Waals surface area contributed by atoms with E-state index in [-0.39, 0.29) is 5.91 Å². The molecule has 0 N–H and O–H groups in total. The highest BCUT2D eigenvalue weighted by Gasteiger charge is 2.18. The minimum Gasteiger partial charge on any atom is -0.337 e. The van der Waals surface area contributed by atoms with E-state index >= 15 is 0 Å². The Balaban J connectivity index is 2.75. The molecule has 0 unspecified atom stereocenters. The summed E-state index contributed by atoms with van der Waals surface area (Å²) in [7, 11) is 0. The summed E-state index contributed by atoms with van der Waals surface area (Å²) >= 11 is 5.66. The highest BCUT2D eigenvalue weighted by Crippen LogP contribution is 2.12. The Kier molecular flexibility index (Phi) is 6.05. The molecule has 0 aliphatic rings. The van der Waals surface area contributed by atoms with Gasteiger partial charge in [0.05, 0.1) is 12.4 Å². The molecule has 18 heavy (non-hydrogen) atoms. The number of carbonyl (C=O) groups excluding carboxylic acids is 1. The molecular formula is C13H20ClN3O. The van der Waals surface area contributed by atoms with E-state index in [0.717, 1.165) is 19.4 Å². The van der Waals surface area contributed by atoms with Crippen molar-refractivity contribution >= 4 is 17.5 Å². The van der Waals surface area contributed by atoms with Crippen LogP contribution in [0.3, 0.4) is 0 Å². The van der Waals surface area contributed by atoms with Crippen molar-refractivity contribution in [3.8, 4) is 0 Å². The van der Waals surface area contributed by atoms with Gasteiger partial charge in [0, 0.05) is 13.1 Å². The van der Waals surface area contributed by atoms with Crippen LogP contribution in [0.1, 0.15) is 44.1 Å². The van der Waals surface area contributed by atoms with Crippen LogP contribution in [0, 0.1) is 5.92 Å². The Labute approximate surface area is 113 Å². The van der Waals surface area contributed by atoms with E-state index in [1.54, 1.807) is 0 Å². The molecule has 1 aromatic rings. The van der Waals surface area contributed by atoms with Gasteiger partial charge in [-0.2, -0.15) is 0 Å². The SMILES string of the molecule is CCC(CC)CN(CC)C(=O)c1cnc(Cl)cn1. The summed E-state index contributed by atoms with van der Waals surface area (Å²) in [5.74, 6) is 0.461. The van der Waals surface area contributed by atoms with Gasteiger partial charge in [-0.1, -0.05) is 38.3 Å². The number of rotatable bonds is 6. The minimum atomic E-state index is -0.0754. The first kappa shape index (κ1) is 14.9. The zero-order chi connectivity index (χ0) is 13.5. The van der Waals surface area contributed by atoms with E-state index < -0.39 is 0 Å². The molecule has 0 atom stereocenters. The van der Waals surface area contributed by atoms with Crippen molar-refractivity contribution in [2.24, 2.45) is 5.92 Å². The lowest BCUT2D eigenvalue weighted by molar-refractivity contribution is 0.0728. The first-order valence-corrected chi connectivity index (χ1v) is 6.76. The van der Waals surface area contributed by atoms with Gasteiger partial charge in [-0.25, -0.2) is 9.97 Å². The fraction of sp³-hybridized carbons (Fsp3) is 0.615. The van der Waals surface area contributed by atoms with E-state index in [0.29, 0.717) is 23.3 Å². The summed E-state index contributed by atoms with van der Waals surface area (Å²) in [6.45, 7) is 7.72. The smallest absolute Gasteiger partial charge is 0.274 e. The van der Waals surface area contributed by atoms with Gasteiger partial charge in [-0.15, -0.1) is 0 Å². The molecule has 1 amide bonds. The molecule has 0 bridgehead atoms. The fourth-order valence-electron chi connectivity index (χ4n) is 1.80. The Hall–Kier alpha value is -1.16. The number of hydrogen-bond donors (Lipinski definition) is 0. The van der Waals surface area contributed by atoms with E-state index in [4.69, 9.17) is 11.6 Å². The summed E-state index contributed by atoms with van der Waals surface area (Å²) in [6.07, 6.45) is 4.99. The maximum absolute atomic E-state index is 12.2. The van der Waals surface area contributed by atoms with Gasteiger partial charge in [-0.05, 0) is 12.8 Å². The van der Waals surface area contributed by atoms with Crippen LogP contribution >= 0.6 is 11.6 Å². The van der Waals surface area contributed by atoms with E-state index in [9.17, 15) is 4.79 Å². The van der Waals surface area contributed by atoms with Gasteiger partial charge in [0.25, 0.3) is 5.91 Å². The molecule has 0 aromatic carbocycles. The second-order valence-electron chi connectivity index (χ2n) is 4.25. The summed E-state index contributed by atoms with van der Waals surface area (Å²) in [4.78, 5) is 22.0. The molecule has 0 saturated carbocycles. The van der Waals surface area contributed by atoms with Gasteiger partial charge in [0.15, 0.2) is 0 Å². The van der Waals surface area contributed by atoms with Crippen molar-refractivity contribution in [2.45, 2.75) is 33.6 Å². The largest absolute Gasteiger partial charge is 0.337 e. The van der Waals surface area contributed by atoms with Crippen LogP contribution in [0.5, 0.6) is 0 Å². The van der Waals surface area contributed by atoms with Crippen LogP contribution in [0.25, 0.3) is 0 Å². The Bertz CT molecular complexity index is 376. The predicted octanol–water partition coefficient (Wildman–Crippen LogP) is 3.03. The molecule has 1 rings (SSSR count). The number of hydrogen-bond acceptors (Lipinski definition) is 3. The summed E-state index contributed by atoms with van der Waals surface area (Å²) in [5, 5.41) is 0.301. The first-order chi connectivity index (χ1) is 8.62. The third-order valence-electron chi connectivity index (χ3n) is 3.14.